The van der Waals surface area contributed by atoms with Gasteiger partial charge in [-0.3, -0.25) is 4.98 Å². The van der Waals surface area contributed by atoms with Crippen molar-refractivity contribution in [3.05, 3.63) is 18.1 Å². The molecule has 6 nitrogen and oxygen atoms in total. The summed E-state index contributed by atoms with van der Waals surface area (Å²) in [5, 5.41) is 8.86. The highest BCUT2D eigenvalue weighted by atomic mass is 32.2. The Bertz CT molecular complexity index is 472. The number of anilines is 1. The first-order chi connectivity index (χ1) is 8.11. The van der Waals surface area contributed by atoms with Crippen molar-refractivity contribution in [2.24, 2.45) is 0 Å². The summed E-state index contributed by atoms with van der Waals surface area (Å²) in [7, 11) is -2.90. The standard InChI is InChI=1S/C10H15N3O3S/c14-8-9-6-12-10(7-11-9)13-2-1-4-17(15,16)5-3-13/h6-7,14H,1-5,8H2. The van der Waals surface area contributed by atoms with Crippen LogP contribution in [-0.4, -0.2) is 48.1 Å². The molecule has 2 heterocycles. The van der Waals surface area contributed by atoms with Gasteiger partial charge in [-0.25, -0.2) is 13.4 Å². The maximum absolute atomic E-state index is 11.5. The van der Waals surface area contributed by atoms with Gasteiger partial charge < -0.3 is 10.0 Å². The molecule has 0 amide bonds. The van der Waals surface area contributed by atoms with Crippen molar-refractivity contribution in [3.8, 4) is 0 Å². The number of aliphatic hydroxyl groups is 1. The fourth-order valence-electron chi connectivity index (χ4n) is 1.76. The molecule has 0 aromatic carbocycles. The molecule has 0 saturated carbocycles. The van der Waals surface area contributed by atoms with Crippen LogP contribution in [0.4, 0.5) is 5.82 Å². The van der Waals surface area contributed by atoms with E-state index in [1.807, 2.05) is 4.90 Å². The van der Waals surface area contributed by atoms with Gasteiger partial charge in [0.05, 0.1) is 36.2 Å². The number of rotatable bonds is 2. The van der Waals surface area contributed by atoms with Crippen molar-refractivity contribution in [3.63, 3.8) is 0 Å². The molecule has 7 heteroatoms. The van der Waals surface area contributed by atoms with E-state index >= 15 is 0 Å². The van der Waals surface area contributed by atoms with Gasteiger partial charge in [0, 0.05) is 13.1 Å². The Balaban J connectivity index is 2.11. The van der Waals surface area contributed by atoms with E-state index in [0.29, 0.717) is 31.0 Å². The van der Waals surface area contributed by atoms with Gasteiger partial charge in [-0.05, 0) is 6.42 Å². The number of aliphatic hydroxyl groups excluding tert-OH is 1. The average molecular weight is 257 g/mol. The molecule has 94 valence electrons. The Labute approximate surface area is 100 Å². The third-order valence-electron chi connectivity index (χ3n) is 2.73. The zero-order chi connectivity index (χ0) is 12.3. The van der Waals surface area contributed by atoms with Crippen LogP contribution in [0.1, 0.15) is 12.1 Å². The smallest absolute Gasteiger partial charge is 0.152 e. The quantitative estimate of drug-likeness (QED) is 0.775. The summed E-state index contributed by atoms with van der Waals surface area (Å²) in [5.74, 6) is 1.07. The fourth-order valence-corrected chi connectivity index (χ4v) is 3.03. The fraction of sp³-hybridized carbons (Fsp3) is 0.600. The van der Waals surface area contributed by atoms with Gasteiger partial charge in [0.1, 0.15) is 5.82 Å². The number of hydrogen-bond donors (Lipinski definition) is 1. The summed E-state index contributed by atoms with van der Waals surface area (Å²) in [4.78, 5) is 10.1. The third kappa shape index (κ3) is 3.13. The van der Waals surface area contributed by atoms with Crippen molar-refractivity contribution >= 4 is 15.7 Å². The van der Waals surface area contributed by atoms with Crippen LogP contribution in [0.15, 0.2) is 12.4 Å². The lowest BCUT2D eigenvalue weighted by atomic mass is 10.4. The largest absolute Gasteiger partial charge is 0.390 e. The van der Waals surface area contributed by atoms with Gasteiger partial charge in [-0.1, -0.05) is 0 Å². The molecule has 1 saturated heterocycles. The zero-order valence-corrected chi connectivity index (χ0v) is 10.2. The van der Waals surface area contributed by atoms with Crippen molar-refractivity contribution < 1.29 is 13.5 Å². The van der Waals surface area contributed by atoms with Gasteiger partial charge in [-0.15, -0.1) is 0 Å². The highest BCUT2D eigenvalue weighted by Gasteiger charge is 2.19. The van der Waals surface area contributed by atoms with E-state index in [-0.39, 0.29) is 18.1 Å². The van der Waals surface area contributed by atoms with Gasteiger partial charge >= 0.3 is 0 Å². The minimum Gasteiger partial charge on any atom is -0.390 e. The predicted octanol–water partition coefficient (Wildman–Crippen LogP) is -0.406. The highest BCUT2D eigenvalue weighted by molar-refractivity contribution is 7.91. The molecule has 1 N–H and O–H groups in total. The molecule has 0 bridgehead atoms. The van der Waals surface area contributed by atoms with Crippen LogP contribution in [0.3, 0.4) is 0 Å². The van der Waals surface area contributed by atoms with E-state index in [0.717, 1.165) is 0 Å². The van der Waals surface area contributed by atoms with E-state index in [9.17, 15) is 8.42 Å². The van der Waals surface area contributed by atoms with Crippen LogP contribution < -0.4 is 4.90 Å². The second-order valence-corrected chi connectivity index (χ2v) is 6.32. The summed E-state index contributed by atoms with van der Waals surface area (Å²) < 4.78 is 22.9. The number of aromatic nitrogens is 2. The molecule has 1 fully saturated rings. The maximum atomic E-state index is 11.5. The van der Waals surface area contributed by atoms with Crippen molar-refractivity contribution in [2.75, 3.05) is 29.5 Å². The molecule has 0 unspecified atom stereocenters. The van der Waals surface area contributed by atoms with Gasteiger partial charge in [0.25, 0.3) is 0 Å². The summed E-state index contributed by atoms with van der Waals surface area (Å²) in [5.41, 5.74) is 0.510. The van der Waals surface area contributed by atoms with Crippen LogP contribution in [0.2, 0.25) is 0 Å². The van der Waals surface area contributed by atoms with E-state index in [1.54, 1.807) is 6.20 Å². The van der Waals surface area contributed by atoms with Crippen molar-refractivity contribution in [2.45, 2.75) is 13.0 Å². The van der Waals surface area contributed by atoms with E-state index in [4.69, 9.17) is 5.11 Å². The SMILES string of the molecule is O=S1(=O)CCCN(c2cnc(CO)cn2)CC1. The first-order valence-electron chi connectivity index (χ1n) is 5.48. The van der Waals surface area contributed by atoms with E-state index in [2.05, 4.69) is 9.97 Å². The maximum Gasteiger partial charge on any atom is 0.152 e. The Hall–Kier alpha value is -1.21. The molecule has 1 aliphatic rings. The summed E-state index contributed by atoms with van der Waals surface area (Å²) in [6, 6.07) is 0. The lowest BCUT2D eigenvalue weighted by Gasteiger charge is -2.20. The third-order valence-corrected chi connectivity index (χ3v) is 4.45. The molecule has 0 spiro atoms. The summed E-state index contributed by atoms with van der Waals surface area (Å²) >= 11 is 0. The first kappa shape index (κ1) is 12.3. The molecular formula is C10H15N3O3S. The molecular weight excluding hydrogens is 242 g/mol. The lowest BCUT2D eigenvalue weighted by Crippen LogP contribution is -2.27. The number of nitrogens with zero attached hydrogens (tertiary/aromatic N) is 3. The minimum absolute atomic E-state index is 0.137. The molecule has 2 rings (SSSR count). The highest BCUT2D eigenvalue weighted by Crippen LogP contribution is 2.13. The zero-order valence-electron chi connectivity index (χ0n) is 9.41. The van der Waals surface area contributed by atoms with E-state index in [1.165, 1.54) is 6.20 Å². The summed E-state index contributed by atoms with van der Waals surface area (Å²) in [6.07, 6.45) is 3.70. The van der Waals surface area contributed by atoms with Crippen LogP contribution in [0, 0.1) is 0 Å². The van der Waals surface area contributed by atoms with Crippen LogP contribution in [-0.2, 0) is 16.4 Å². The normalized spacial score (nSPS) is 19.9. The Morgan fingerprint density at radius 2 is 2.06 bits per heavy atom. The molecule has 0 aliphatic carbocycles. The van der Waals surface area contributed by atoms with E-state index < -0.39 is 9.84 Å². The molecule has 1 aliphatic heterocycles. The number of sulfone groups is 1. The topological polar surface area (TPSA) is 83.4 Å². The Kier molecular flexibility index (Phi) is 3.58. The minimum atomic E-state index is -2.90. The molecule has 0 atom stereocenters. The van der Waals surface area contributed by atoms with Gasteiger partial charge in [-0.2, -0.15) is 0 Å². The molecule has 1 aromatic heterocycles. The van der Waals surface area contributed by atoms with Crippen molar-refractivity contribution in [1.29, 1.82) is 0 Å². The monoisotopic (exact) mass is 257 g/mol. The Morgan fingerprint density at radius 3 is 2.71 bits per heavy atom. The second kappa shape index (κ2) is 4.97. The average Bonchev–Trinajstić information content (AvgIpc) is 2.50. The molecule has 0 radical (unpaired) electrons. The number of hydrogen-bond acceptors (Lipinski definition) is 6. The molecule has 17 heavy (non-hydrogen) atoms. The van der Waals surface area contributed by atoms with Crippen LogP contribution in [0.25, 0.3) is 0 Å². The first-order valence-corrected chi connectivity index (χ1v) is 7.30. The van der Waals surface area contributed by atoms with Gasteiger partial charge in [0.2, 0.25) is 0 Å². The van der Waals surface area contributed by atoms with Crippen LogP contribution >= 0.6 is 0 Å². The predicted molar refractivity (Wildman–Crippen MR) is 63.4 cm³/mol. The van der Waals surface area contributed by atoms with Gasteiger partial charge in [0.15, 0.2) is 9.84 Å². The second-order valence-electron chi connectivity index (χ2n) is 4.02. The molecule has 1 aromatic rings. The summed E-state index contributed by atoms with van der Waals surface area (Å²) in [6.45, 7) is 0.990. The Morgan fingerprint density at radius 1 is 1.24 bits per heavy atom. The van der Waals surface area contributed by atoms with Crippen LogP contribution in [0.5, 0.6) is 0 Å². The lowest BCUT2D eigenvalue weighted by molar-refractivity contribution is 0.276. The van der Waals surface area contributed by atoms with Crippen molar-refractivity contribution in [1.82, 2.24) is 9.97 Å².